The van der Waals surface area contributed by atoms with E-state index in [1.807, 2.05) is 35.2 Å². The van der Waals surface area contributed by atoms with Gasteiger partial charge in [-0.1, -0.05) is 37.3 Å². The molecule has 1 aromatic rings. The van der Waals surface area contributed by atoms with Gasteiger partial charge in [-0.2, -0.15) is 5.01 Å². The molecule has 124 valence electrons. The number of hydrogen-bond donors (Lipinski definition) is 2. The summed E-state index contributed by atoms with van der Waals surface area (Å²) in [6.45, 7) is 4.12. The third kappa shape index (κ3) is 3.87. The number of carbonyl (C=O) groups is 3. The van der Waals surface area contributed by atoms with Crippen LogP contribution in [0.1, 0.15) is 25.8 Å². The number of hydrogen-bond acceptors (Lipinski definition) is 4. The molecule has 1 heterocycles. The maximum atomic E-state index is 12.2. The molecular weight excluding hydrogens is 296 g/mol. The van der Waals surface area contributed by atoms with E-state index in [0.29, 0.717) is 13.0 Å². The molecule has 0 spiro atoms. The van der Waals surface area contributed by atoms with Crippen molar-refractivity contribution >= 4 is 17.8 Å². The van der Waals surface area contributed by atoms with Crippen LogP contribution in [0.25, 0.3) is 0 Å². The molecule has 4 amide bonds. The van der Waals surface area contributed by atoms with E-state index in [4.69, 9.17) is 0 Å². The Balaban J connectivity index is 1.90. The number of nitrogens with one attached hydrogen (secondary N) is 2. The lowest BCUT2D eigenvalue weighted by atomic mass is 10.00. The van der Waals surface area contributed by atoms with Crippen LogP contribution in [0.4, 0.5) is 4.79 Å². The monoisotopic (exact) mass is 318 g/mol. The highest BCUT2D eigenvalue weighted by Gasteiger charge is 2.47. The van der Waals surface area contributed by atoms with Crippen molar-refractivity contribution in [1.82, 2.24) is 20.7 Å². The molecule has 0 aromatic heterocycles. The van der Waals surface area contributed by atoms with E-state index >= 15 is 0 Å². The highest BCUT2D eigenvalue weighted by Crippen LogP contribution is 2.19. The topological polar surface area (TPSA) is 81.8 Å². The van der Waals surface area contributed by atoms with Crippen molar-refractivity contribution < 1.29 is 14.4 Å². The van der Waals surface area contributed by atoms with E-state index in [1.54, 1.807) is 20.9 Å². The van der Waals surface area contributed by atoms with E-state index < -0.39 is 23.4 Å². The second-order valence-corrected chi connectivity index (χ2v) is 5.95. The number of rotatable bonds is 6. The molecule has 1 aliphatic heterocycles. The van der Waals surface area contributed by atoms with E-state index in [0.717, 1.165) is 10.6 Å². The Morgan fingerprint density at radius 1 is 1.30 bits per heavy atom. The number of imide groups is 1. The number of amides is 4. The summed E-state index contributed by atoms with van der Waals surface area (Å²) in [4.78, 5) is 37.9. The Morgan fingerprint density at radius 2 is 1.96 bits per heavy atom. The predicted molar refractivity (Wildman–Crippen MR) is 85.0 cm³/mol. The molecule has 1 fully saturated rings. The number of benzene rings is 1. The van der Waals surface area contributed by atoms with E-state index in [2.05, 4.69) is 10.7 Å². The number of likely N-dealkylation sites (N-methyl/N-ethyl adjacent to an activating group) is 1. The summed E-state index contributed by atoms with van der Waals surface area (Å²) >= 11 is 0. The van der Waals surface area contributed by atoms with E-state index in [1.165, 1.54) is 0 Å². The molecule has 0 bridgehead atoms. The van der Waals surface area contributed by atoms with Crippen molar-refractivity contribution in [1.29, 1.82) is 0 Å². The minimum atomic E-state index is -0.958. The van der Waals surface area contributed by atoms with Gasteiger partial charge in [-0.25, -0.2) is 4.79 Å². The lowest BCUT2D eigenvalue weighted by Crippen LogP contribution is -2.50. The van der Waals surface area contributed by atoms with Crippen molar-refractivity contribution in [3.63, 3.8) is 0 Å². The predicted octanol–water partition coefficient (Wildman–Crippen LogP) is 0.870. The van der Waals surface area contributed by atoms with E-state index in [9.17, 15) is 14.4 Å². The van der Waals surface area contributed by atoms with Gasteiger partial charge in [0.2, 0.25) is 0 Å². The van der Waals surface area contributed by atoms with Gasteiger partial charge in [-0.3, -0.25) is 19.9 Å². The molecule has 1 saturated heterocycles. The van der Waals surface area contributed by atoms with Crippen molar-refractivity contribution in [2.45, 2.75) is 32.4 Å². The third-order valence-corrected chi connectivity index (χ3v) is 3.91. The summed E-state index contributed by atoms with van der Waals surface area (Å²) in [5.74, 6) is -0.851. The van der Waals surface area contributed by atoms with Gasteiger partial charge in [0.15, 0.2) is 0 Å². The fourth-order valence-corrected chi connectivity index (χ4v) is 2.38. The number of hydrazine groups is 1. The summed E-state index contributed by atoms with van der Waals surface area (Å²) in [6, 6.07) is 9.14. The molecule has 1 aromatic carbocycles. The summed E-state index contributed by atoms with van der Waals surface area (Å²) in [6.07, 6.45) is 0.456. The summed E-state index contributed by atoms with van der Waals surface area (Å²) in [7, 11) is 1.80. The lowest BCUT2D eigenvalue weighted by Gasteiger charge is -2.21. The van der Waals surface area contributed by atoms with Crippen LogP contribution in [0.15, 0.2) is 30.3 Å². The number of carbonyl (C=O) groups excluding carboxylic acids is 3. The normalized spacial score (nSPS) is 20.8. The van der Waals surface area contributed by atoms with Gasteiger partial charge in [-0.15, -0.1) is 0 Å². The van der Waals surface area contributed by atoms with Gasteiger partial charge in [0.25, 0.3) is 11.8 Å². The van der Waals surface area contributed by atoms with E-state index in [-0.39, 0.29) is 6.54 Å². The van der Waals surface area contributed by atoms with Crippen LogP contribution >= 0.6 is 0 Å². The molecule has 0 aliphatic carbocycles. The number of nitrogens with zero attached hydrogens (tertiary/aromatic N) is 2. The molecular formula is C16H22N4O3. The van der Waals surface area contributed by atoms with Gasteiger partial charge < -0.3 is 5.32 Å². The Labute approximate surface area is 135 Å². The number of urea groups is 1. The van der Waals surface area contributed by atoms with Gasteiger partial charge in [0, 0.05) is 6.54 Å². The fourth-order valence-electron chi connectivity index (χ4n) is 2.38. The summed E-state index contributed by atoms with van der Waals surface area (Å²) in [5.41, 5.74) is 2.50. The largest absolute Gasteiger partial charge is 0.344 e. The SMILES string of the molecule is CC[C@]1(C)NC(=O)N(NC(=O)CN(C)Cc2ccccc2)C1=O. The molecule has 2 rings (SSSR count). The highest BCUT2D eigenvalue weighted by molar-refractivity contribution is 6.07. The molecule has 0 unspecified atom stereocenters. The molecule has 0 radical (unpaired) electrons. The lowest BCUT2D eigenvalue weighted by molar-refractivity contribution is -0.139. The highest BCUT2D eigenvalue weighted by atomic mass is 16.2. The molecule has 2 N–H and O–H groups in total. The zero-order chi connectivity index (χ0) is 17.0. The molecule has 7 heteroatoms. The minimum absolute atomic E-state index is 0.0782. The van der Waals surface area contributed by atoms with Crippen LogP contribution in [0.5, 0.6) is 0 Å². The second kappa shape index (κ2) is 6.78. The summed E-state index contributed by atoms with van der Waals surface area (Å²) < 4.78 is 0. The fraction of sp³-hybridized carbons (Fsp3) is 0.438. The van der Waals surface area contributed by atoms with Crippen LogP contribution < -0.4 is 10.7 Å². The van der Waals surface area contributed by atoms with Gasteiger partial charge >= 0.3 is 6.03 Å². The quantitative estimate of drug-likeness (QED) is 0.763. The first-order chi connectivity index (χ1) is 10.9. The Bertz CT molecular complexity index is 605. The van der Waals surface area contributed by atoms with Crippen LogP contribution in [-0.4, -0.2) is 46.9 Å². The Morgan fingerprint density at radius 3 is 2.52 bits per heavy atom. The standard InChI is InChI=1S/C16H22N4O3/c1-4-16(2)14(22)20(15(23)17-16)18-13(21)11-19(3)10-12-8-6-5-7-9-12/h5-9H,4,10-11H2,1-3H3,(H,17,23)(H,18,21)/t16-/m0/s1. The molecule has 1 atom stereocenters. The van der Waals surface area contributed by atoms with Crippen molar-refractivity contribution in [3.8, 4) is 0 Å². The first-order valence-corrected chi connectivity index (χ1v) is 7.54. The van der Waals surface area contributed by atoms with Crippen LogP contribution in [-0.2, 0) is 16.1 Å². The van der Waals surface area contributed by atoms with Gasteiger partial charge in [-0.05, 0) is 26.0 Å². The summed E-state index contributed by atoms with van der Waals surface area (Å²) in [5, 5.41) is 3.35. The Kier molecular flexibility index (Phi) is 5.00. The van der Waals surface area contributed by atoms with Crippen LogP contribution in [0, 0.1) is 0 Å². The zero-order valence-electron chi connectivity index (χ0n) is 13.6. The first-order valence-electron chi connectivity index (χ1n) is 7.54. The zero-order valence-corrected chi connectivity index (χ0v) is 13.6. The maximum Gasteiger partial charge on any atom is 0.344 e. The maximum absolute atomic E-state index is 12.2. The van der Waals surface area contributed by atoms with Crippen molar-refractivity contribution in [3.05, 3.63) is 35.9 Å². The molecule has 1 aliphatic rings. The van der Waals surface area contributed by atoms with Crippen molar-refractivity contribution in [2.24, 2.45) is 0 Å². The average molecular weight is 318 g/mol. The van der Waals surface area contributed by atoms with Crippen LogP contribution in [0.3, 0.4) is 0 Å². The van der Waals surface area contributed by atoms with Gasteiger partial charge in [0.05, 0.1) is 6.54 Å². The smallest absolute Gasteiger partial charge is 0.322 e. The molecule has 7 nitrogen and oxygen atoms in total. The minimum Gasteiger partial charge on any atom is -0.322 e. The second-order valence-electron chi connectivity index (χ2n) is 5.95. The third-order valence-electron chi connectivity index (χ3n) is 3.91. The molecule has 23 heavy (non-hydrogen) atoms. The van der Waals surface area contributed by atoms with Gasteiger partial charge in [0.1, 0.15) is 5.54 Å². The molecule has 0 saturated carbocycles. The Hall–Kier alpha value is -2.41. The average Bonchev–Trinajstić information content (AvgIpc) is 2.72. The van der Waals surface area contributed by atoms with Crippen LogP contribution in [0.2, 0.25) is 0 Å². The first kappa shape index (κ1) is 17.0. The van der Waals surface area contributed by atoms with Crippen molar-refractivity contribution in [2.75, 3.05) is 13.6 Å².